The summed E-state index contributed by atoms with van der Waals surface area (Å²) < 4.78 is 50.6. The van der Waals surface area contributed by atoms with Gasteiger partial charge in [0, 0.05) is 72.1 Å². The van der Waals surface area contributed by atoms with Crippen molar-refractivity contribution in [2.24, 2.45) is 77.3 Å². The van der Waals surface area contributed by atoms with E-state index in [1.54, 1.807) is 6.92 Å². The zero-order valence-corrected chi connectivity index (χ0v) is 107. The van der Waals surface area contributed by atoms with E-state index in [0.29, 0.717) is 91.6 Å². The van der Waals surface area contributed by atoms with Crippen LogP contribution in [-0.2, 0) is 9.47 Å². The molecular weight excluding hydrogens is 1820 g/mol. The molecule has 0 aliphatic carbocycles. The average Bonchev–Trinajstić information content (AvgIpc) is 0.973. The van der Waals surface area contributed by atoms with Crippen LogP contribution in [0.5, 0.6) is 0 Å². The minimum atomic E-state index is -0.905. The predicted octanol–water partition coefficient (Wildman–Crippen LogP) is 32.4. The van der Waals surface area contributed by atoms with E-state index in [1.807, 2.05) is 7.11 Å². The Labute approximate surface area is 920 Å². The number of nitrogens with zero attached hydrogens (tertiary/aromatic N) is 11. The molecule has 1 N–H and O–H groups in total. The van der Waals surface area contributed by atoms with Crippen LogP contribution >= 0.6 is 0 Å². The van der Waals surface area contributed by atoms with Gasteiger partial charge in [-0.25, -0.2) is 13.2 Å². The molecule has 17 heteroatoms. The van der Waals surface area contributed by atoms with E-state index in [4.69, 9.17) is 9.47 Å². The van der Waals surface area contributed by atoms with Crippen molar-refractivity contribution in [3.8, 4) is 0 Å². The summed E-state index contributed by atoms with van der Waals surface area (Å²) in [5.74, 6) is 2.94. The number of alkyl halides is 3. The van der Waals surface area contributed by atoms with Crippen molar-refractivity contribution >= 4 is 0 Å². The quantitative estimate of drug-likeness (QED) is 0.0997. The van der Waals surface area contributed by atoms with Gasteiger partial charge in [0.2, 0.25) is 0 Å². The molecule has 11 aliphatic heterocycles. The number of halogens is 3. The Balaban J connectivity index is 0.000000809. The second kappa shape index (κ2) is 74.6. The zero-order chi connectivity index (χ0) is 112. The molecule has 11 heterocycles. The van der Waals surface area contributed by atoms with Crippen LogP contribution in [0.1, 0.15) is 501 Å². The SMILES string of the molecule is CC(C)(C)CCN1CCC(C)(F)CC1.CC(C)(C)CCN1CCCC(F)C1.CC(C)(C)CCN1CCCC(O)C1.CC(C)(C)CCN1CCCCC(F)C1.CC(C)(C)CCN1CCCCCC1.CC(C)(C)CCN1CCCOCC1.CC1CCCCN1CCC(C)(C)C.CC1CCN(CCC(C)(C)C)CC1.CC1CCN(CCC(C)(C)C)CC1.CCC1CCN(CCC(C)(C)C)CC1.COC1CCCN(CCC(C)(C)C)C1. The molecule has 0 saturated carbocycles. The molecule has 0 spiro atoms. The minimum absolute atomic E-state index is 0.0753. The Kier molecular flexibility index (Phi) is 73.2. The van der Waals surface area contributed by atoms with Crippen molar-refractivity contribution in [3.63, 3.8) is 0 Å². The lowest BCUT2D eigenvalue weighted by Gasteiger charge is -2.35. The first-order valence-electron chi connectivity index (χ1n) is 62.5. The number of ether oxygens (including phenoxy) is 2. The highest BCUT2D eigenvalue weighted by Gasteiger charge is 2.33. The van der Waals surface area contributed by atoms with E-state index in [-0.39, 0.29) is 6.10 Å². The smallest absolute Gasteiger partial charge is 0.113 e. The Morgan fingerprint density at radius 3 is 0.878 bits per heavy atom. The van der Waals surface area contributed by atoms with E-state index < -0.39 is 18.0 Å². The molecule has 0 bridgehead atoms. The molecule has 0 aromatic carbocycles. The minimum Gasteiger partial charge on any atom is -0.392 e. The summed E-state index contributed by atoms with van der Waals surface area (Å²) in [7, 11) is 1.83. The van der Waals surface area contributed by atoms with Crippen LogP contribution in [-0.4, -0.2) is 325 Å². The van der Waals surface area contributed by atoms with Gasteiger partial charge >= 0.3 is 0 Å². The van der Waals surface area contributed by atoms with Crippen molar-refractivity contribution in [2.45, 2.75) is 537 Å². The zero-order valence-electron chi connectivity index (χ0n) is 107. The van der Waals surface area contributed by atoms with Crippen LogP contribution in [0.25, 0.3) is 0 Å². The Hall–Kier alpha value is -0.770. The number of β-amino-alcohol motifs (C(OH)–C–C–N with tert-alkyl or cyclic N) is 1. The number of hydrogen-bond acceptors (Lipinski definition) is 14. The Bertz CT molecular complexity index is 2900. The highest BCUT2D eigenvalue weighted by atomic mass is 19.1. The highest BCUT2D eigenvalue weighted by Crippen LogP contribution is 2.34. The van der Waals surface area contributed by atoms with E-state index in [1.165, 1.54) is 311 Å². The first-order valence-corrected chi connectivity index (χ1v) is 62.5. The number of rotatable bonds is 24. The standard InChI is InChI=1S/C13H27N.2C12H24FN.C12H25NO.4C12H25N.C11H22FN.2C11H23NO/c1-5-12-6-9-14(10-7-12)11-8-13(2,3)4;1-11(2,3)5-8-14-9-6-12(4,13)7-10-14;1-12(2,3)7-9-14-8-5-4-6-11(13)10-14;1-12(2,3)7-9-13-8-5-6-11(10-13)14-4;2*1-11-5-8-13(9-6-11)10-7-12(2,3)4;1-11-7-5-6-9-13(11)10-8-12(2,3)4;1-12(2,3)8-11-13-9-6-4-5-7-10-13;1-11(2,3)6-8-13-7-4-5-10(12)9-13;1-11(2,3)5-7-12-6-4-9-13-10-8-12;1-11(2,3)6-8-12-7-4-5-10(13)9-12/h12H,5-11H2,1-4H3;5-10H2,1-4H3;11H,4-10H2,1-3H3;11H,5-10H2,1-4H3;3*11H,5-10H2,1-4H3;4-11H2,1-3H3;10H,4-9H2,1-3H3;4-10H2,1-3H3;10,13H,4-9H2,1-3H3. The van der Waals surface area contributed by atoms with Crippen molar-refractivity contribution < 1.29 is 27.8 Å². The lowest BCUT2D eigenvalue weighted by Crippen LogP contribution is -2.41. The topological polar surface area (TPSA) is 74.3 Å². The molecule has 0 radical (unpaired) electrons. The van der Waals surface area contributed by atoms with Crippen LogP contribution in [0.2, 0.25) is 0 Å². The predicted molar refractivity (Wildman–Crippen MR) is 645 cm³/mol. The molecule has 5 atom stereocenters. The molecule has 0 aromatic heterocycles. The van der Waals surface area contributed by atoms with Gasteiger partial charge in [0.05, 0.1) is 18.8 Å². The van der Waals surface area contributed by atoms with Crippen molar-refractivity contribution in [1.82, 2.24) is 53.9 Å². The lowest BCUT2D eigenvalue weighted by atomic mass is 9.90. The van der Waals surface area contributed by atoms with Crippen LogP contribution < -0.4 is 0 Å². The number of aliphatic hydroxyl groups is 1. The second-order valence-electron chi connectivity index (χ2n) is 62.2. The van der Waals surface area contributed by atoms with Gasteiger partial charge in [-0.1, -0.05) is 275 Å². The summed E-state index contributed by atoms with van der Waals surface area (Å²) in [6.45, 7) is 127. The lowest BCUT2D eigenvalue weighted by molar-refractivity contribution is 0.0280. The van der Waals surface area contributed by atoms with E-state index >= 15 is 0 Å². The second-order valence-corrected chi connectivity index (χ2v) is 62.2. The molecule has 0 aromatic rings. The van der Waals surface area contributed by atoms with Crippen LogP contribution in [0.3, 0.4) is 0 Å². The average molecular weight is 2090 g/mol. The maximum atomic E-state index is 13.5. The molecule has 0 amide bonds. The van der Waals surface area contributed by atoms with Gasteiger partial charge in [0.15, 0.2) is 0 Å². The van der Waals surface area contributed by atoms with Crippen molar-refractivity contribution in [1.29, 1.82) is 0 Å². The summed E-state index contributed by atoms with van der Waals surface area (Å²) in [6.07, 6.45) is 45.2. The molecule has 147 heavy (non-hydrogen) atoms. The van der Waals surface area contributed by atoms with Gasteiger partial charge in [0.25, 0.3) is 0 Å². The van der Waals surface area contributed by atoms with E-state index in [2.05, 4.69) is 310 Å². The Morgan fingerprint density at radius 2 is 0.537 bits per heavy atom. The highest BCUT2D eigenvalue weighted by molar-refractivity contribution is 4.86. The van der Waals surface area contributed by atoms with Gasteiger partial charge in [-0.2, -0.15) is 0 Å². The van der Waals surface area contributed by atoms with Gasteiger partial charge < -0.3 is 68.5 Å². The third kappa shape index (κ3) is 90.7. The fourth-order valence-electron chi connectivity index (χ4n) is 19.9. The molecule has 11 fully saturated rings. The maximum absolute atomic E-state index is 13.5. The van der Waals surface area contributed by atoms with Crippen molar-refractivity contribution in [2.75, 3.05) is 230 Å². The van der Waals surface area contributed by atoms with Crippen LogP contribution in [0.4, 0.5) is 13.2 Å². The van der Waals surface area contributed by atoms with Gasteiger partial charge in [-0.15, -0.1) is 0 Å². The fraction of sp³-hybridized carbons (Fsp3) is 1.00. The summed E-state index contributed by atoms with van der Waals surface area (Å²) in [5, 5.41) is 9.47. The number of piperidine rings is 8. The third-order valence-electron chi connectivity index (χ3n) is 32.2. The molecule has 11 aliphatic rings. The first-order chi connectivity index (χ1) is 67.8. The van der Waals surface area contributed by atoms with Gasteiger partial charge in [-0.05, 0) is 460 Å². The number of hydrogen-bond donors (Lipinski definition) is 1. The first kappa shape index (κ1) is 144. The normalized spacial score (nSPS) is 23.9. The van der Waals surface area contributed by atoms with E-state index in [0.717, 1.165) is 148 Å². The molecule has 882 valence electrons. The third-order valence-corrected chi connectivity index (χ3v) is 32.2. The molecule has 14 nitrogen and oxygen atoms in total. The Morgan fingerprint density at radius 1 is 0.272 bits per heavy atom. The molecule has 11 saturated heterocycles. The fourth-order valence-corrected chi connectivity index (χ4v) is 19.9. The van der Waals surface area contributed by atoms with E-state index in [9.17, 15) is 18.3 Å². The molecule has 11 rings (SSSR count). The molecular formula is C130H268F3N11O3. The van der Waals surface area contributed by atoms with Gasteiger partial charge in [-0.3, -0.25) is 0 Å². The number of aliphatic hydroxyl groups excluding tert-OH is 1. The monoisotopic (exact) mass is 2090 g/mol. The van der Waals surface area contributed by atoms with Gasteiger partial charge in [0.1, 0.15) is 18.0 Å². The van der Waals surface area contributed by atoms with Crippen LogP contribution in [0.15, 0.2) is 0 Å². The molecule has 5 unspecified atom stereocenters. The summed E-state index contributed by atoms with van der Waals surface area (Å²) in [5.41, 5.74) is 4.10. The largest absolute Gasteiger partial charge is 0.392 e. The van der Waals surface area contributed by atoms with Crippen molar-refractivity contribution in [3.05, 3.63) is 0 Å². The number of methoxy groups -OCH3 is 1. The van der Waals surface area contributed by atoms with Crippen LogP contribution in [0, 0.1) is 77.3 Å². The summed E-state index contributed by atoms with van der Waals surface area (Å²) in [4.78, 5) is 27.6. The number of likely N-dealkylation sites (tertiary alicyclic amines) is 10. The maximum Gasteiger partial charge on any atom is 0.113 e. The summed E-state index contributed by atoms with van der Waals surface area (Å²) in [6, 6.07) is 0.830. The summed E-state index contributed by atoms with van der Waals surface area (Å²) >= 11 is 0.